The lowest BCUT2D eigenvalue weighted by atomic mass is 9.76. The van der Waals surface area contributed by atoms with Crippen molar-refractivity contribution in [2.24, 2.45) is 0 Å². The minimum absolute atomic E-state index is 0.200. The van der Waals surface area contributed by atoms with Crippen molar-refractivity contribution in [1.29, 1.82) is 0 Å². The van der Waals surface area contributed by atoms with Gasteiger partial charge < -0.3 is 4.90 Å². The molecule has 0 aliphatic carbocycles. The Kier molecular flexibility index (Phi) is 3.43. The van der Waals surface area contributed by atoms with Gasteiger partial charge in [-0.25, -0.2) is 0 Å². The van der Waals surface area contributed by atoms with E-state index >= 15 is 0 Å². The van der Waals surface area contributed by atoms with Crippen LogP contribution in [0.25, 0.3) is 0 Å². The average molecular weight is 267 g/mol. The van der Waals surface area contributed by atoms with E-state index in [1.54, 1.807) is 0 Å². The lowest BCUT2D eigenvalue weighted by molar-refractivity contribution is 0.371. The van der Waals surface area contributed by atoms with Gasteiger partial charge in [0.15, 0.2) is 5.82 Å². The van der Waals surface area contributed by atoms with Crippen LogP contribution in [0.5, 0.6) is 0 Å². The third kappa shape index (κ3) is 2.53. The van der Waals surface area contributed by atoms with Crippen LogP contribution >= 0.6 is 0 Å². The Balaban J connectivity index is 1.84. The highest BCUT2D eigenvalue weighted by Crippen LogP contribution is 2.34. The molecule has 2 heterocycles. The molecule has 1 aliphatic heterocycles. The van der Waals surface area contributed by atoms with E-state index in [4.69, 9.17) is 0 Å². The van der Waals surface area contributed by atoms with Crippen molar-refractivity contribution < 1.29 is 0 Å². The number of rotatable bonds is 2. The van der Waals surface area contributed by atoms with Crippen LogP contribution in [0, 0.1) is 6.92 Å². The molecule has 0 N–H and O–H groups in total. The van der Waals surface area contributed by atoms with Crippen LogP contribution in [0.1, 0.15) is 31.0 Å². The summed E-state index contributed by atoms with van der Waals surface area (Å²) in [5, 5.41) is 8.52. The van der Waals surface area contributed by atoms with Crippen molar-refractivity contribution in [3.8, 4) is 0 Å². The predicted molar refractivity (Wildman–Crippen MR) is 82.0 cm³/mol. The van der Waals surface area contributed by atoms with Gasteiger partial charge in [0.25, 0.3) is 0 Å². The summed E-state index contributed by atoms with van der Waals surface area (Å²) in [6.45, 7) is 6.41. The lowest BCUT2D eigenvalue weighted by Crippen LogP contribution is -2.44. The Morgan fingerprint density at radius 2 is 1.85 bits per heavy atom. The van der Waals surface area contributed by atoms with E-state index in [1.807, 2.05) is 13.0 Å². The van der Waals surface area contributed by atoms with Gasteiger partial charge >= 0.3 is 0 Å². The van der Waals surface area contributed by atoms with Crippen molar-refractivity contribution in [2.75, 3.05) is 18.0 Å². The fraction of sp³-hybridized carbons (Fsp3) is 0.412. The first-order chi connectivity index (χ1) is 9.67. The third-order valence-electron chi connectivity index (χ3n) is 4.27. The van der Waals surface area contributed by atoms with Gasteiger partial charge in [-0.15, -0.1) is 5.10 Å². The first kappa shape index (κ1) is 13.1. The second-order valence-corrected chi connectivity index (χ2v) is 5.98. The zero-order valence-electron chi connectivity index (χ0n) is 12.2. The molecule has 1 saturated heterocycles. The second-order valence-electron chi connectivity index (χ2n) is 5.98. The fourth-order valence-electron chi connectivity index (χ4n) is 3.07. The van der Waals surface area contributed by atoms with E-state index < -0.39 is 0 Å². The molecule has 2 aromatic rings. The molecule has 0 radical (unpaired) electrons. The standard InChI is InChI=1S/C17H21N3/c1-14-9-10-16(19-18-14)20-12-6-11-17(2,13-20)15-7-4-3-5-8-15/h3-5,7-10H,6,11-13H2,1-2H3. The summed E-state index contributed by atoms with van der Waals surface area (Å²) in [7, 11) is 0. The van der Waals surface area contributed by atoms with E-state index in [1.165, 1.54) is 18.4 Å². The molecule has 3 rings (SSSR count). The van der Waals surface area contributed by atoms with Crippen LogP contribution in [0.4, 0.5) is 5.82 Å². The fourth-order valence-corrected chi connectivity index (χ4v) is 3.07. The van der Waals surface area contributed by atoms with E-state index in [-0.39, 0.29) is 5.41 Å². The van der Waals surface area contributed by atoms with Gasteiger partial charge in [0.1, 0.15) is 0 Å². The summed E-state index contributed by atoms with van der Waals surface area (Å²) < 4.78 is 0. The topological polar surface area (TPSA) is 29.0 Å². The third-order valence-corrected chi connectivity index (χ3v) is 4.27. The number of hydrogen-bond acceptors (Lipinski definition) is 3. The maximum Gasteiger partial charge on any atom is 0.151 e. The van der Waals surface area contributed by atoms with E-state index in [2.05, 4.69) is 58.4 Å². The molecule has 0 bridgehead atoms. The minimum atomic E-state index is 0.200. The number of aromatic nitrogens is 2. The molecule has 0 saturated carbocycles. The van der Waals surface area contributed by atoms with Gasteiger partial charge in [-0.2, -0.15) is 5.10 Å². The van der Waals surface area contributed by atoms with Gasteiger partial charge in [0.2, 0.25) is 0 Å². The molecule has 1 unspecified atom stereocenters. The quantitative estimate of drug-likeness (QED) is 0.835. The molecular weight excluding hydrogens is 246 g/mol. The van der Waals surface area contributed by atoms with Crippen LogP contribution < -0.4 is 4.90 Å². The number of piperidine rings is 1. The zero-order valence-corrected chi connectivity index (χ0v) is 12.2. The Labute approximate surface area is 120 Å². The normalized spacial score (nSPS) is 22.8. The molecule has 3 heteroatoms. The molecule has 0 amide bonds. The summed E-state index contributed by atoms with van der Waals surface area (Å²) in [6, 6.07) is 14.9. The summed E-state index contributed by atoms with van der Waals surface area (Å²) in [6.07, 6.45) is 2.42. The van der Waals surface area contributed by atoms with Gasteiger partial charge in [-0.3, -0.25) is 0 Å². The lowest BCUT2D eigenvalue weighted by Gasteiger charge is -2.41. The van der Waals surface area contributed by atoms with Gasteiger partial charge in [0, 0.05) is 18.5 Å². The largest absolute Gasteiger partial charge is 0.354 e. The van der Waals surface area contributed by atoms with Crippen LogP contribution in [-0.4, -0.2) is 23.3 Å². The number of benzene rings is 1. The van der Waals surface area contributed by atoms with Gasteiger partial charge in [-0.05, 0) is 37.5 Å². The summed E-state index contributed by atoms with van der Waals surface area (Å²) in [5.41, 5.74) is 2.59. The van der Waals surface area contributed by atoms with Crippen molar-refractivity contribution >= 4 is 5.82 Å². The van der Waals surface area contributed by atoms with Crippen LogP contribution in [0.15, 0.2) is 42.5 Å². The maximum absolute atomic E-state index is 4.34. The van der Waals surface area contributed by atoms with Gasteiger partial charge in [-0.1, -0.05) is 37.3 Å². The number of hydrogen-bond donors (Lipinski definition) is 0. The van der Waals surface area contributed by atoms with Crippen LogP contribution in [0.2, 0.25) is 0 Å². The van der Waals surface area contributed by atoms with Crippen molar-refractivity contribution in [3.63, 3.8) is 0 Å². The highest BCUT2D eigenvalue weighted by Gasteiger charge is 2.33. The maximum atomic E-state index is 4.34. The van der Waals surface area contributed by atoms with Gasteiger partial charge in [0.05, 0.1) is 5.69 Å². The molecule has 0 spiro atoms. The van der Waals surface area contributed by atoms with E-state index in [0.29, 0.717) is 0 Å². The molecule has 104 valence electrons. The average Bonchev–Trinajstić information content (AvgIpc) is 2.49. The van der Waals surface area contributed by atoms with Crippen LogP contribution in [0.3, 0.4) is 0 Å². The Hall–Kier alpha value is -1.90. The molecule has 20 heavy (non-hydrogen) atoms. The molecule has 1 fully saturated rings. The molecule has 1 aliphatic rings. The SMILES string of the molecule is Cc1ccc(N2CCCC(C)(c3ccccc3)C2)nn1. The molecule has 1 aromatic carbocycles. The highest BCUT2D eigenvalue weighted by molar-refractivity contribution is 5.41. The monoisotopic (exact) mass is 267 g/mol. The molecule has 3 nitrogen and oxygen atoms in total. The minimum Gasteiger partial charge on any atom is -0.354 e. The Morgan fingerprint density at radius 3 is 2.55 bits per heavy atom. The smallest absolute Gasteiger partial charge is 0.151 e. The Bertz CT molecular complexity index is 565. The van der Waals surface area contributed by atoms with E-state index in [0.717, 1.165) is 24.6 Å². The molecule has 1 atom stereocenters. The summed E-state index contributed by atoms with van der Waals surface area (Å²) in [5.74, 6) is 0.998. The Morgan fingerprint density at radius 1 is 1.05 bits per heavy atom. The van der Waals surface area contributed by atoms with Crippen LogP contribution in [-0.2, 0) is 5.41 Å². The number of nitrogens with zero attached hydrogens (tertiary/aromatic N) is 3. The molecular formula is C17H21N3. The molecule has 1 aromatic heterocycles. The summed E-state index contributed by atoms with van der Waals surface area (Å²) in [4.78, 5) is 2.36. The second kappa shape index (κ2) is 5.23. The first-order valence-electron chi connectivity index (χ1n) is 7.28. The first-order valence-corrected chi connectivity index (χ1v) is 7.28. The number of aryl methyl sites for hydroxylation is 1. The van der Waals surface area contributed by atoms with Crippen molar-refractivity contribution in [3.05, 3.63) is 53.7 Å². The zero-order chi connectivity index (χ0) is 14.0. The van der Waals surface area contributed by atoms with Crippen molar-refractivity contribution in [2.45, 2.75) is 32.1 Å². The highest BCUT2D eigenvalue weighted by atomic mass is 15.3. The predicted octanol–water partition coefficient (Wildman–Crippen LogP) is 3.34. The summed E-state index contributed by atoms with van der Waals surface area (Å²) >= 11 is 0. The number of anilines is 1. The van der Waals surface area contributed by atoms with E-state index in [9.17, 15) is 0 Å². The van der Waals surface area contributed by atoms with Crippen molar-refractivity contribution in [1.82, 2.24) is 10.2 Å².